The molecule has 0 radical (unpaired) electrons. The lowest BCUT2D eigenvalue weighted by Gasteiger charge is -2.23. The Balaban J connectivity index is 1.56. The molecule has 28 heavy (non-hydrogen) atoms. The van der Waals surface area contributed by atoms with Gasteiger partial charge in [-0.25, -0.2) is 9.40 Å². The Labute approximate surface area is 165 Å². The summed E-state index contributed by atoms with van der Waals surface area (Å²) in [7, 11) is 0. The zero-order valence-corrected chi connectivity index (χ0v) is 15.7. The molecule has 2 aliphatic heterocycles. The maximum atomic E-state index is 13.3. The van der Waals surface area contributed by atoms with Crippen molar-refractivity contribution in [2.24, 2.45) is 10.1 Å². The van der Waals surface area contributed by atoms with Gasteiger partial charge in [0.1, 0.15) is 5.82 Å². The lowest BCUT2D eigenvalue weighted by molar-refractivity contribution is -0.115. The van der Waals surface area contributed by atoms with Gasteiger partial charge in [0, 0.05) is 6.42 Å². The molecule has 3 aromatic rings. The topological polar surface area (TPSA) is 45.0 Å². The molecule has 2 heterocycles. The van der Waals surface area contributed by atoms with Gasteiger partial charge in [0.05, 0.1) is 17.5 Å². The number of benzene rings is 3. The Bertz CT molecular complexity index is 1140. The lowest BCUT2D eigenvalue weighted by Crippen LogP contribution is -2.23. The molecule has 0 fully saturated rings. The second-order valence-electron chi connectivity index (χ2n) is 6.80. The van der Waals surface area contributed by atoms with Crippen LogP contribution in [0.15, 0.2) is 76.8 Å². The van der Waals surface area contributed by atoms with Gasteiger partial charge >= 0.3 is 0 Å². The fourth-order valence-corrected chi connectivity index (χ4v) is 4.38. The van der Waals surface area contributed by atoms with Crippen LogP contribution in [0.5, 0.6) is 0 Å². The van der Waals surface area contributed by atoms with Crippen molar-refractivity contribution >= 4 is 39.3 Å². The summed E-state index contributed by atoms with van der Waals surface area (Å²) in [5.74, 6) is -0.0631. The van der Waals surface area contributed by atoms with E-state index in [0.717, 1.165) is 22.2 Å². The summed E-state index contributed by atoms with van der Waals surface area (Å²) in [4.78, 5) is 15.8. The highest BCUT2D eigenvalue weighted by atomic mass is 32.2. The molecule has 1 atom stereocenters. The van der Waals surface area contributed by atoms with Crippen LogP contribution in [0.1, 0.15) is 23.6 Å². The van der Waals surface area contributed by atoms with Gasteiger partial charge in [-0.1, -0.05) is 60.3 Å². The highest BCUT2D eigenvalue weighted by Gasteiger charge is 2.34. The van der Waals surface area contributed by atoms with E-state index in [9.17, 15) is 9.18 Å². The number of carbonyl (C=O) groups is 1. The van der Waals surface area contributed by atoms with Crippen LogP contribution in [0.2, 0.25) is 0 Å². The summed E-state index contributed by atoms with van der Waals surface area (Å²) in [6.07, 6.45) is 0.664. The predicted octanol–water partition coefficient (Wildman–Crippen LogP) is 4.76. The van der Waals surface area contributed by atoms with E-state index in [2.05, 4.69) is 35.3 Å². The number of hydrogen-bond donors (Lipinski definition) is 0. The number of hydrazone groups is 1. The summed E-state index contributed by atoms with van der Waals surface area (Å²) in [5, 5.41) is 9.58. The van der Waals surface area contributed by atoms with Crippen LogP contribution in [-0.4, -0.2) is 27.5 Å². The molecule has 2 aliphatic rings. The molecule has 0 bridgehead atoms. The molecular formula is C22H16FN3OS. The first-order valence-electron chi connectivity index (χ1n) is 9.03. The molecule has 138 valence electrons. The van der Waals surface area contributed by atoms with Gasteiger partial charge in [-0.05, 0) is 40.1 Å². The number of amides is 1. The van der Waals surface area contributed by atoms with Gasteiger partial charge in [0.15, 0.2) is 5.17 Å². The van der Waals surface area contributed by atoms with Gasteiger partial charge in [-0.2, -0.15) is 10.1 Å². The Morgan fingerprint density at radius 1 is 1.00 bits per heavy atom. The molecule has 0 N–H and O–H groups in total. The van der Waals surface area contributed by atoms with E-state index in [1.54, 1.807) is 12.1 Å². The van der Waals surface area contributed by atoms with Crippen LogP contribution in [0.25, 0.3) is 10.8 Å². The average Bonchev–Trinajstić information content (AvgIpc) is 3.34. The molecule has 0 aliphatic carbocycles. The number of thioether (sulfide) groups is 1. The van der Waals surface area contributed by atoms with Gasteiger partial charge in [-0.15, -0.1) is 0 Å². The fourth-order valence-electron chi connectivity index (χ4n) is 3.59. The number of halogens is 1. The maximum Gasteiger partial charge on any atom is 0.258 e. The van der Waals surface area contributed by atoms with Crippen molar-refractivity contribution in [3.63, 3.8) is 0 Å². The Kier molecular flexibility index (Phi) is 4.20. The largest absolute Gasteiger partial charge is 0.272 e. The first-order valence-corrected chi connectivity index (χ1v) is 10.0. The Morgan fingerprint density at radius 2 is 1.79 bits per heavy atom. The Morgan fingerprint density at radius 3 is 2.54 bits per heavy atom. The summed E-state index contributed by atoms with van der Waals surface area (Å²) in [6.45, 7) is 0. The number of rotatable bonds is 2. The highest BCUT2D eigenvalue weighted by molar-refractivity contribution is 8.14. The van der Waals surface area contributed by atoms with E-state index in [1.807, 2.05) is 17.1 Å². The number of hydrogen-bond acceptors (Lipinski definition) is 4. The summed E-state index contributed by atoms with van der Waals surface area (Å²) in [5.41, 5.74) is 2.85. The van der Waals surface area contributed by atoms with Crippen LogP contribution >= 0.6 is 11.8 Å². The second kappa shape index (κ2) is 6.87. The van der Waals surface area contributed by atoms with Gasteiger partial charge in [-0.3, -0.25) is 4.79 Å². The molecule has 0 saturated heterocycles. The lowest BCUT2D eigenvalue weighted by atomic mass is 9.96. The third kappa shape index (κ3) is 3.10. The predicted molar refractivity (Wildman–Crippen MR) is 111 cm³/mol. The molecule has 6 heteroatoms. The standard InChI is InChI=1S/C22H16FN3OS/c23-18-9-7-15(8-10-18)19-12-20(26(25-19)22-24-21(27)13-28-22)17-6-5-14-3-1-2-4-16(14)11-17/h1-11,20H,12-13H2. The van der Waals surface area contributed by atoms with Crippen molar-refractivity contribution in [2.45, 2.75) is 12.5 Å². The molecule has 1 amide bonds. The number of nitrogens with zero attached hydrogens (tertiary/aromatic N) is 3. The molecule has 0 spiro atoms. The number of carbonyl (C=O) groups excluding carboxylic acids is 1. The van der Waals surface area contributed by atoms with Gasteiger partial charge in [0.2, 0.25) is 0 Å². The van der Waals surface area contributed by atoms with Crippen molar-refractivity contribution in [3.05, 3.63) is 83.7 Å². The minimum absolute atomic E-state index is 0.0539. The fraction of sp³-hybridized carbons (Fsp3) is 0.136. The zero-order valence-electron chi connectivity index (χ0n) is 14.9. The van der Waals surface area contributed by atoms with E-state index in [4.69, 9.17) is 5.10 Å². The molecule has 5 rings (SSSR count). The first kappa shape index (κ1) is 17.1. The van der Waals surface area contributed by atoms with Crippen molar-refractivity contribution in [3.8, 4) is 0 Å². The summed E-state index contributed by atoms with van der Waals surface area (Å²) in [6, 6.07) is 20.9. The summed E-state index contributed by atoms with van der Waals surface area (Å²) >= 11 is 1.41. The molecule has 3 aromatic carbocycles. The van der Waals surface area contributed by atoms with Crippen LogP contribution in [-0.2, 0) is 4.79 Å². The third-order valence-electron chi connectivity index (χ3n) is 4.99. The van der Waals surface area contributed by atoms with Crippen LogP contribution < -0.4 is 0 Å². The van der Waals surface area contributed by atoms with Gasteiger partial charge < -0.3 is 0 Å². The van der Waals surface area contributed by atoms with E-state index in [1.165, 1.54) is 29.3 Å². The summed E-state index contributed by atoms with van der Waals surface area (Å²) < 4.78 is 13.3. The normalized spacial score (nSPS) is 19.2. The zero-order chi connectivity index (χ0) is 19.1. The van der Waals surface area contributed by atoms with Crippen molar-refractivity contribution < 1.29 is 9.18 Å². The highest BCUT2D eigenvalue weighted by Crippen LogP contribution is 2.37. The molecule has 0 aromatic heterocycles. The van der Waals surface area contributed by atoms with Crippen LogP contribution in [0.3, 0.4) is 0 Å². The minimum Gasteiger partial charge on any atom is -0.272 e. The van der Waals surface area contributed by atoms with Crippen LogP contribution in [0.4, 0.5) is 4.39 Å². The monoisotopic (exact) mass is 389 g/mol. The smallest absolute Gasteiger partial charge is 0.258 e. The molecular weight excluding hydrogens is 373 g/mol. The van der Waals surface area contributed by atoms with Gasteiger partial charge in [0.25, 0.3) is 5.91 Å². The average molecular weight is 389 g/mol. The van der Waals surface area contributed by atoms with E-state index >= 15 is 0 Å². The third-order valence-corrected chi connectivity index (χ3v) is 5.92. The SMILES string of the molecule is O=C1CSC(N2N=C(c3ccc(F)cc3)CC2c2ccc3ccccc3c2)=N1. The van der Waals surface area contributed by atoms with Crippen molar-refractivity contribution in [2.75, 3.05) is 5.75 Å². The first-order chi connectivity index (χ1) is 13.7. The number of amidine groups is 1. The van der Waals surface area contributed by atoms with E-state index in [0.29, 0.717) is 17.3 Å². The minimum atomic E-state index is -0.272. The van der Waals surface area contributed by atoms with Crippen LogP contribution in [0, 0.1) is 5.82 Å². The molecule has 0 saturated carbocycles. The van der Waals surface area contributed by atoms with Crippen molar-refractivity contribution in [1.82, 2.24) is 5.01 Å². The number of fused-ring (bicyclic) bond motifs is 1. The van der Waals surface area contributed by atoms with E-state index in [-0.39, 0.29) is 17.8 Å². The Hall–Kier alpha value is -2.99. The van der Waals surface area contributed by atoms with Crippen molar-refractivity contribution in [1.29, 1.82) is 0 Å². The molecule has 4 nitrogen and oxygen atoms in total. The number of aliphatic imine (C=N–C) groups is 1. The molecule has 1 unspecified atom stereocenters. The quantitative estimate of drug-likeness (QED) is 0.635. The van der Waals surface area contributed by atoms with E-state index < -0.39 is 0 Å². The second-order valence-corrected chi connectivity index (χ2v) is 7.74. The maximum absolute atomic E-state index is 13.3.